The molecular formula is C20H21F3N4O. The molecule has 0 aliphatic rings. The van der Waals surface area contributed by atoms with Gasteiger partial charge in [-0.25, -0.2) is 4.98 Å². The number of nitrogens with one attached hydrogen (secondary N) is 1. The van der Waals surface area contributed by atoms with E-state index in [0.29, 0.717) is 35.8 Å². The number of pyridine rings is 2. The van der Waals surface area contributed by atoms with Crippen LogP contribution in [0.5, 0.6) is 0 Å². The lowest BCUT2D eigenvalue weighted by atomic mass is 9.91. The van der Waals surface area contributed by atoms with E-state index in [0.717, 1.165) is 6.07 Å². The van der Waals surface area contributed by atoms with E-state index < -0.39 is 11.9 Å². The second-order valence-electron chi connectivity index (χ2n) is 7.08. The largest absolute Gasteiger partial charge is 0.433 e. The van der Waals surface area contributed by atoms with Crippen LogP contribution in [0.2, 0.25) is 0 Å². The lowest BCUT2D eigenvalue weighted by molar-refractivity contribution is -0.141. The predicted molar refractivity (Wildman–Crippen MR) is 99.0 cm³/mol. The quantitative estimate of drug-likeness (QED) is 0.682. The molecule has 3 aromatic rings. The maximum atomic E-state index is 12.7. The van der Waals surface area contributed by atoms with E-state index in [1.807, 2.05) is 13.8 Å². The summed E-state index contributed by atoms with van der Waals surface area (Å²) in [5.74, 6) is -0.0979. The van der Waals surface area contributed by atoms with Gasteiger partial charge in [-0.1, -0.05) is 26.0 Å². The van der Waals surface area contributed by atoms with Crippen LogP contribution in [0.25, 0.3) is 5.65 Å². The second-order valence-corrected chi connectivity index (χ2v) is 7.08. The minimum Gasteiger partial charge on any atom is -0.350 e. The van der Waals surface area contributed by atoms with Gasteiger partial charge in [0.05, 0.1) is 0 Å². The number of imidazole rings is 1. The summed E-state index contributed by atoms with van der Waals surface area (Å²) in [5.41, 5.74) is 0.861. The summed E-state index contributed by atoms with van der Waals surface area (Å²) in [7, 11) is 0. The summed E-state index contributed by atoms with van der Waals surface area (Å²) in [5, 5.41) is 2.89. The number of fused-ring (bicyclic) bond motifs is 1. The van der Waals surface area contributed by atoms with E-state index in [9.17, 15) is 18.0 Å². The molecule has 1 N–H and O–H groups in total. The molecule has 0 saturated heterocycles. The molecule has 3 aromatic heterocycles. The van der Waals surface area contributed by atoms with Crippen molar-refractivity contribution in [2.45, 2.75) is 32.4 Å². The van der Waals surface area contributed by atoms with Crippen LogP contribution in [0.15, 0.2) is 48.9 Å². The van der Waals surface area contributed by atoms with Crippen molar-refractivity contribution in [2.75, 3.05) is 6.54 Å². The minimum absolute atomic E-state index is 0.138. The smallest absolute Gasteiger partial charge is 0.350 e. The third-order valence-electron chi connectivity index (χ3n) is 4.47. The molecule has 1 amide bonds. The molecule has 0 spiro atoms. The highest BCUT2D eigenvalue weighted by atomic mass is 19.4. The SMILES string of the molecule is CC(C)CC(CNC(=O)c1cccc2nccn12)c1ccc(C(F)(F)F)nc1. The van der Waals surface area contributed by atoms with Crippen LogP contribution in [-0.4, -0.2) is 26.8 Å². The first-order valence-electron chi connectivity index (χ1n) is 8.99. The summed E-state index contributed by atoms with van der Waals surface area (Å²) in [6.45, 7) is 4.35. The van der Waals surface area contributed by atoms with Crippen LogP contribution >= 0.6 is 0 Å². The Hall–Kier alpha value is -2.90. The molecule has 0 fully saturated rings. The van der Waals surface area contributed by atoms with Crippen molar-refractivity contribution in [2.24, 2.45) is 5.92 Å². The normalized spacial score (nSPS) is 13.1. The first kappa shape index (κ1) is 19.9. The van der Waals surface area contributed by atoms with Crippen LogP contribution in [0, 0.1) is 5.92 Å². The number of halogens is 3. The van der Waals surface area contributed by atoms with Crippen molar-refractivity contribution in [3.8, 4) is 0 Å². The van der Waals surface area contributed by atoms with Gasteiger partial charge in [0, 0.05) is 31.1 Å². The van der Waals surface area contributed by atoms with Crippen molar-refractivity contribution in [3.05, 3.63) is 65.9 Å². The molecular weight excluding hydrogens is 369 g/mol. The monoisotopic (exact) mass is 390 g/mol. The van der Waals surface area contributed by atoms with Gasteiger partial charge in [-0.2, -0.15) is 13.2 Å². The third-order valence-corrected chi connectivity index (χ3v) is 4.47. The van der Waals surface area contributed by atoms with E-state index in [-0.39, 0.29) is 11.8 Å². The van der Waals surface area contributed by atoms with Gasteiger partial charge in [0.15, 0.2) is 0 Å². The van der Waals surface area contributed by atoms with Gasteiger partial charge in [-0.3, -0.25) is 14.2 Å². The Balaban J connectivity index is 1.76. The summed E-state index contributed by atoms with van der Waals surface area (Å²) < 4.78 is 39.9. The van der Waals surface area contributed by atoms with Gasteiger partial charge in [0.1, 0.15) is 17.0 Å². The Morgan fingerprint density at radius 1 is 1.18 bits per heavy atom. The average Bonchev–Trinajstić information content (AvgIpc) is 3.12. The summed E-state index contributed by atoms with van der Waals surface area (Å²) >= 11 is 0. The zero-order valence-electron chi connectivity index (χ0n) is 15.6. The van der Waals surface area contributed by atoms with Crippen molar-refractivity contribution >= 4 is 11.6 Å². The van der Waals surface area contributed by atoms with E-state index in [4.69, 9.17) is 0 Å². The number of nitrogens with zero attached hydrogens (tertiary/aromatic N) is 3. The highest BCUT2D eigenvalue weighted by Crippen LogP contribution is 2.29. The summed E-state index contributed by atoms with van der Waals surface area (Å²) in [4.78, 5) is 20.3. The number of hydrogen-bond acceptors (Lipinski definition) is 3. The van der Waals surface area contributed by atoms with Crippen molar-refractivity contribution in [3.63, 3.8) is 0 Å². The van der Waals surface area contributed by atoms with Gasteiger partial charge in [0.25, 0.3) is 5.91 Å². The highest BCUT2D eigenvalue weighted by Gasteiger charge is 2.32. The van der Waals surface area contributed by atoms with Gasteiger partial charge in [-0.15, -0.1) is 0 Å². The highest BCUT2D eigenvalue weighted by molar-refractivity contribution is 5.93. The standard InChI is InChI=1S/C20H21F3N4O/c1-13(2)10-15(14-6-7-17(25-11-14)20(21,22)23)12-26-19(28)16-4-3-5-18-24-8-9-27(16)18/h3-9,11,13,15H,10,12H2,1-2H3,(H,26,28). The lowest BCUT2D eigenvalue weighted by Gasteiger charge is -2.20. The zero-order valence-corrected chi connectivity index (χ0v) is 15.6. The number of amides is 1. The third kappa shape index (κ3) is 4.49. The molecule has 0 aromatic carbocycles. The first-order valence-corrected chi connectivity index (χ1v) is 8.99. The fourth-order valence-corrected chi connectivity index (χ4v) is 3.16. The van der Waals surface area contributed by atoms with Gasteiger partial charge in [-0.05, 0) is 36.1 Å². The van der Waals surface area contributed by atoms with Crippen LogP contribution < -0.4 is 5.32 Å². The Labute approximate surface area is 160 Å². The van der Waals surface area contributed by atoms with Crippen LogP contribution in [0.4, 0.5) is 13.2 Å². The maximum absolute atomic E-state index is 12.7. The van der Waals surface area contributed by atoms with Crippen LogP contribution in [0.3, 0.4) is 0 Å². The fraction of sp³-hybridized carbons (Fsp3) is 0.350. The molecule has 0 aliphatic heterocycles. The molecule has 1 atom stereocenters. The number of alkyl halides is 3. The number of aromatic nitrogens is 3. The maximum Gasteiger partial charge on any atom is 0.433 e. The molecule has 1 unspecified atom stereocenters. The molecule has 8 heteroatoms. The number of hydrogen-bond donors (Lipinski definition) is 1. The second kappa shape index (κ2) is 8.00. The molecule has 0 bridgehead atoms. The molecule has 3 rings (SSSR count). The topological polar surface area (TPSA) is 59.3 Å². The number of rotatable bonds is 6. The van der Waals surface area contributed by atoms with Crippen LogP contribution in [-0.2, 0) is 6.18 Å². The Kier molecular flexibility index (Phi) is 5.67. The summed E-state index contributed by atoms with van der Waals surface area (Å²) in [6, 6.07) is 7.66. The van der Waals surface area contributed by atoms with Gasteiger partial charge < -0.3 is 5.32 Å². The van der Waals surface area contributed by atoms with Crippen molar-refractivity contribution in [1.29, 1.82) is 0 Å². The van der Waals surface area contributed by atoms with E-state index in [1.54, 1.807) is 35.0 Å². The number of carbonyl (C=O) groups excluding carboxylic acids is 1. The van der Waals surface area contributed by atoms with Crippen molar-refractivity contribution < 1.29 is 18.0 Å². The fourth-order valence-electron chi connectivity index (χ4n) is 3.16. The van der Waals surface area contributed by atoms with E-state index >= 15 is 0 Å². The summed E-state index contributed by atoms with van der Waals surface area (Å²) in [6.07, 6.45) is 0.808. The zero-order chi connectivity index (χ0) is 20.3. The van der Waals surface area contributed by atoms with Gasteiger partial charge >= 0.3 is 6.18 Å². The molecule has 0 saturated carbocycles. The lowest BCUT2D eigenvalue weighted by Crippen LogP contribution is -2.30. The van der Waals surface area contributed by atoms with E-state index in [2.05, 4.69) is 15.3 Å². The molecule has 3 heterocycles. The number of carbonyl (C=O) groups is 1. The minimum atomic E-state index is -4.47. The average molecular weight is 390 g/mol. The van der Waals surface area contributed by atoms with Crippen LogP contribution in [0.1, 0.15) is 47.9 Å². The molecule has 28 heavy (non-hydrogen) atoms. The molecule has 0 aliphatic carbocycles. The Bertz CT molecular complexity index is 948. The molecule has 5 nitrogen and oxygen atoms in total. The molecule has 0 radical (unpaired) electrons. The molecule has 148 valence electrons. The Morgan fingerprint density at radius 3 is 2.61 bits per heavy atom. The van der Waals surface area contributed by atoms with E-state index in [1.165, 1.54) is 12.3 Å². The first-order chi connectivity index (χ1) is 13.3. The predicted octanol–water partition coefficient (Wildman–Crippen LogP) is 4.31. The Morgan fingerprint density at radius 2 is 1.96 bits per heavy atom. The van der Waals surface area contributed by atoms with Gasteiger partial charge in [0.2, 0.25) is 0 Å². The van der Waals surface area contributed by atoms with Crippen molar-refractivity contribution in [1.82, 2.24) is 19.7 Å².